The van der Waals surface area contributed by atoms with Crippen LogP contribution in [0.2, 0.25) is 0 Å². The van der Waals surface area contributed by atoms with Gasteiger partial charge in [0.1, 0.15) is 5.82 Å². The molecule has 1 atom stereocenters. The Bertz CT molecular complexity index is 1140. The van der Waals surface area contributed by atoms with Crippen molar-refractivity contribution in [3.05, 3.63) is 130 Å². The molecule has 148 valence electrons. The smallest absolute Gasteiger partial charge is 0.269 e. The summed E-state index contributed by atoms with van der Waals surface area (Å²) in [5.41, 5.74) is 2.47. The van der Waals surface area contributed by atoms with E-state index >= 15 is 0 Å². The van der Waals surface area contributed by atoms with Gasteiger partial charge in [-0.25, -0.2) is 4.39 Å². The number of anilines is 1. The Morgan fingerprint density at radius 1 is 0.933 bits per heavy atom. The minimum absolute atomic E-state index is 0.0726. The lowest BCUT2D eigenvalue weighted by atomic mass is 9.85. The monoisotopic (exact) mass is 400 g/mol. The zero-order chi connectivity index (χ0) is 21.1. The van der Waals surface area contributed by atoms with E-state index < -0.39 is 4.92 Å². The molecule has 0 bridgehead atoms. The summed E-state index contributed by atoms with van der Waals surface area (Å²) < 4.78 is 13.3. The first-order chi connectivity index (χ1) is 14.5. The molecule has 0 aliphatic carbocycles. The van der Waals surface area contributed by atoms with Crippen molar-refractivity contribution in [2.45, 2.75) is 5.92 Å². The number of benzene rings is 3. The van der Waals surface area contributed by atoms with Gasteiger partial charge in [0.15, 0.2) is 5.78 Å². The highest BCUT2D eigenvalue weighted by atomic mass is 19.1. The Morgan fingerprint density at radius 2 is 1.60 bits per heavy atom. The van der Waals surface area contributed by atoms with Crippen LogP contribution in [0.15, 0.2) is 103 Å². The minimum Gasteiger partial charge on any atom is -0.324 e. The third-order valence-corrected chi connectivity index (χ3v) is 4.94. The lowest BCUT2D eigenvalue weighted by Gasteiger charge is -2.27. The fourth-order valence-corrected chi connectivity index (χ4v) is 3.38. The zero-order valence-corrected chi connectivity index (χ0v) is 15.8. The average Bonchev–Trinajstić information content (AvgIpc) is 2.79. The number of nitro groups is 1. The largest absolute Gasteiger partial charge is 0.324 e. The highest BCUT2D eigenvalue weighted by molar-refractivity contribution is 6.10. The van der Waals surface area contributed by atoms with Crippen LogP contribution in [-0.2, 0) is 0 Å². The van der Waals surface area contributed by atoms with Gasteiger partial charge in [-0.05, 0) is 42.0 Å². The first kappa shape index (κ1) is 19.3. The van der Waals surface area contributed by atoms with E-state index in [2.05, 4.69) is 0 Å². The fraction of sp³-hybridized carbons (Fsp3) is 0.0417. The summed E-state index contributed by atoms with van der Waals surface area (Å²) in [6.45, 7) is 0. The van der Waals surface area contributed by atoms with Crippen molar-refractivity contribution in [2.24, 2.45) is 0 Å². The number of Topliss-reactive ketones (excluding diaryl/α,β-unsaturated/α-hetero) is 1. The molecule has 0 radical (unpaired) electrons. The van der Waals surface area contributed by atoms with Crippen molar-refractivity contribution in [3.63, 3.8) is 0 Å². The van der Waals surface area contributed by atoms with E-state index in [0.29, 0.717) is 16.8 Å². The molecule has 6 heteroatoms. The molecule has 0 amide bonds. The number of rotatable bonds is 5. The average molecular weight is 400 g/mol. The zero-order valence-electron chi connectivity index (χ0n) is 15.8. The molecular weight excluding hydrogens is 383 g/mol. The summed E-state index contributed by atoms with van der Waals surface area (Å²) in [6, 6.07) is 21.2. The second kappa shape index (κ2) is 8.13. The number of halogens is 1. The maximum absolute atomic E-state index is 13.3. The van der Waals surface area contributed by atoms with Crippen LogP contribution in [0.3, 0.4) is 0 Å². The lowest BCUT2D eigenvalue weighted by molar-refractivity contribution is -0.384. The topological polar surface area (TPSA) is 63.5 Å². The molecule has 0 N–H and O–H groups in total. The van der Waals surface area contributed by atoms with Gasteiger partial charge in [-0.3, -0.25) is 14.9 Å². The molecule has 1 aliphatic heterocycles. The number of hydrogen-bond donors (Lipinski definition) is 0. The van der Waals surface area contributed by atoms with Crippen LogP contribution in [0.1, 0.15) is 21.8 Å². The molecule has 1 aliphatic rings. The summed E-state index contributed by atoms with van der Waals surface area (Å²) in [6.07, 6.45) is 5.49. The van der Waals surface area contributed by atoms with Gasteiger partial charge in [0.25, 0.3) is 5.69 Å². The van der Waals surface area contributed by atoms with Gasteiger partial charge in [0, 0.05) is 47.3 Å². The number of non-ortho nitro benzene ring substituents is 1. The van der Waals surface area contributed by atoms with E-state index in [-0.39, 0.29) is 23.2 Å². The van der Waals surface area contributed by atoms with Crippen LogP contribution in [0, 0.1) is 15.9 Å². The molecule has 0 fully saturated rings. The van der Waals surface area contributed by atoms with Crippen LogP contribution in [0.4, 0.5) is 15.8 Å². The van der Waals surface area contributed by atoms with Gasteiger partial charge in [0.2, 0.25) is 0 Å². The molecule has 1 heterocycles. The molecule has 0 saturated carbocycles. The van der Waals surface area contributed by atoms with Crippen molar-refractivity contribution in [3.8, 4) is 0 Å². The molecule has 0 aromatic heterocycles. The molecule has 3 aromatic rings. The number of ketones is 1. The number of allylic oxidation sites excluding steroid dienone is 2. The van der Waals surface area contributed by atoms with E-state index in [9.17, 15) is 19.3 Å². The third kappa shape index (κ3) is 3.89. The maximum atomic E-state index is 13.3. The van der Waals surface area contributed by atoms with Gasteiger partial charge < -0.3 is 4.90 Å². The van der Waals surface area contributed by atoms with Gasteiger partial charge in [0.05, 0.1) is 4.92 Å². The van der Waals surface area contributed by atoms with Crippen LogP contribution < -0.4 is 4.90 Å². The number of hydrogen-bond acceptors (Lipinski definition) is 4. The van der Waals surface area contributed by atoms with Crippen LogP contribution in [0.5, 0.6) is 0 Å². The highest BCUT2D eigenvalue weighted by Gasteiger charge is 2.26. The summed E-state index contributed by atoms with van der Waals surface area (Å²) in [7, 11) is 0. The number of carbonyl (C=O) groups excluding carboxylic acids is 1. The van der Waals surface area contributed by atoms with E-state index in [0.717, 1.165) is 5.56 Å². The fourth-order valence-electron chi connectivity index (χ4n) is 3.38. The van der Waals surface area contributed by atoms with Gasteiger partial charge in [-0.1, -0.05) is 36.4 Å². The van der Waals surface area contributed by atoms with E-state index in [4.69, 9.17) is 0 Å². The molecule has 0 saturated heterocycles. The first-order valence-corrected chi connectivity index (χ1v) is 9.31. The van der Waals surface area contributed by atoms with Crippen LogP contribution in [-0.4, -0.2) is 10.7 Å². The number of nitrogens with zero attached hydrogens (tertiary/aromatic N) is 2. The Kier molecular flexibility index (Phi) is 5.22. The quantitative estimate of drug-likeness (QED) is 0.317. The van der Waals surface area contributed by atoms with Crippen molar-refractivity contribution in [1.29, 1.82) is 0 Å². The molecule has 3 aromatic carbocycles. The van der Waals surface area contributed by atoms with Gasteiger partial charge >= 0.3 is 0 Å². The standard InChI is InChI=1S/C24H17FN2O3/c25-19-8-12-20(13-9-19)26-15-14-22(17-4-2-1-3-5-17)23(16-26)24(28)18-6-10-21(11-7-18)27(29)30/h1-16,22H. The second-order valence-electron chi connectivity index (χ2n) is 6.83. The molecule has 30 heavy (non-hydrogen) atoms. The first-order valence-electron chi connectivity index (χ1n) is 9.31. The second-order valence-corrected chi connectivity index (χ2v) is 6.83. The molecule has 5 nitrogen and oxygen atoms in total. The van der Waals surface area contributed by atoms with Crippen molar-refractivity contribution in [1.82, 2.24) is 0 Å². The van der Waals surface area contributed by atoms with Crippen molar-refractivity contribution < 1.29 is 14.1 Å². The van der Waals surface area contributed by atoms with Gasteiger partial charge in [-0.15, -0.1) is 0 Å². The summed E-state index contributed by atoms with van der Waals surface area (Å²) >= 11 is 0. The summed E-state index contributed by atoms with van der Waals surface area (Å²) in [5, 5.41) is 10.9. The van der Waals surface area contributed by atoms with Crippen molar-refractivity contribution in [2.75, 3.05) is 4.90 Å². The van der Waals surface area contributed by atoms with E-state index in [1.807, 2.05) is 42.6 Å². The Hall–Kier alpha value is -4.06. The number of nitro benzene ring substituents is 1. The SMILES string of the molecule is O=C(C1=CN(c2ccc(F)cc2)C=CC1c1ccccc1)c1ccc([N+](=O)[O-])cc1. The predicted octanol–water partition coefficient (Wildman–Crippen LogP) is 5.62. The van der Waals surface area contributed by atoms with E-state index in [1.54, 1.807) is 23.2 Å². The van der Waals surface area contributed by atoms with Crippen molar-refractivity contribution >= 4 is 17.2 Å². The molecular formula is C24H17FN2O3. The summed E-state index contributed by atoms with van der Waals surface area (Å²) in [5.74, 6) is -0.839. The molecule has 0 spiro atoms. The van der Waals surface area contributed by atoms with Crippen LogP contribution in [0.25, 0.3) is 0 Å². The third-order valence-electron chi connectivity index (χ3n) is 4.94. The Balaban J connectivity index is 1.74. The Labute approximate surface area is 172 Å². The summed E-state index contributed by atoms with van der Waals surface area (Å²) in [4.78, 5) is 25.5. The van der Waals surface area contributed by atoms with Gasteiger partial charge in [-0.2, -0.15) is 0 Å². The number of carbonyl (C=O) groups is 1. The Morgan fingerprint density at radius 3 is 2.23 bits per heavy atom. The normalized spacial score (nSPS) is 15.6. The minimum atomic E-state index is -0.500. The van der Waals surface area contributed by atoms with E-state index in [1.165, 1.54) is 36.4 Å². The van der Waals surface area contributed by atoms with Crippen LogP contribution >= 0.6 is 0 Å². The highest BCUT2D eigenvalue weighted by Crippen LogP contribution is 2.34. The predicted molar refractivity (Wildman–Crippen MR) is 113 cm³/mol. The molecule has 1 unspecified atom stereocenters. The lowest BCUT2D eigenvalue weighted by Crippen LogP contribution is -2.21. The molecule has 4 rings (SSSR count). The maximum Gasteiger partial charge on any atom is 0.269 e.